The second-order valence-electron chi connectivity index (χ2n) is 8.82. The predicted octanol–water partition coefficient (Wildman–Crippen LogP) is 9.26. The van der Waals surface area contributed by atoms with Crippen molar-refractivity contribution in [2.45, 2.75) is 6.42 Å². The molecular formula is C33H23ClO. The molecule has 0 aliphatic heterocycles. The Morgan fingerprint density at radius 3 is 1.80 bits per heavy atom. The van der Waals surface area contributed by atoms with Crippen molar-refractivity contribution in [2.24, 2.45) is 0 Å². The van der Waals surface area contributed by atoms with Crippen molar-refractivity contribution >= 4 is 63.5 Å². The number of phenols is 1. The van der Waals surface area contributed by atoms with Gasteiger partial charge in [-0.15, -0.1) is 0 Å². The number of aromatic hydroxyl groups is 1. The number of rotatable bonds is 0. The molecule has 0 radical (unpaired) electrons. The molecule has 3 aliphatic rings. The first-order valence-electron chi connectivity index (χ1n) is 11.8. The van der Waals surface area contributed by atoms with E-state index in [1.165, 1.54) is 44.2 Å². The zero-order valence-corrected chi connectivity index (χ0v) is 19.8. The lowest BCUT2D eigenvalue weighted by Gasteiger charge is -2.03. The molecule has 0 saturated carbocycles. The monoisotopic (exact) mass is 470 g/mol. The van der Waals surface area contributed by atoms with Crippen molar-refractivity contribution in [3.8, 4) is 5.75 Å². The summed E-state index contributed by atoms with van der Waals surface area (Å²) in [7, 11) is 0. The van der Waals surface area contributed by atoms with Crippen molar-refractivity contribution < 1.29 is 5.11 Å². The van der Waals surface area contributed by atoms with Crippen LogP contribution in [0.5, 0.6) is 5.75 Å². The Hall–Kier alpha value is -4.07. The normalized spacial score (nSPS) is 12.9. The second kappa shape index (κ2) is 8.94. The second-order valence-corrected chi connectivity index (χ2v) is 9.23. The SMILES string of the molecule is C1=Cc2ccccc2C1.Clc1ccc2c3c(cccc13)C=C2.Oc1ccc2c3c(cccc13)C=C2. The number of hydrogen-bond acceptors (Lipinski definition) is 1. The van der Waals surface area contributed by atoms with Gasteiger partial charge in [0.05, 0.1) is 0 Å². The summed E-state index contributed by atoms with van der Waals surface area (Å²) >= 11 is 6.10. The van der Waals surface area contributed by atoms with E-state index in [9.17, 15) is 5.11 Å². The zero-order chi connectivity index (χ0) is 23.8. The average Bonchev–Trinajstić information content (AvgIpc) is 3.64. The van der Waals surface area contributed by atoms with Crippen LogP contribution in [0.2, 0.25) is 5.02 Å². The van der Waals surface area contributed by atoms with Crippen LogP contribution in [0.4, 0.5) is 0 Å². The van der Waals surface area contributed by atoms with Gasteiger partial charge >= 0.3 is 0 Å². The minimum Gasteiger partial charge on any atom is -0.507 e. The molecule has 168 valence electrons. The number of halogens is 1. The molecule has 35 heavy (non-hydrogen) atoms. The molecule has 2 heteroatoms. The number of allylic oxidation sites excluding steroid dienone is 1. The van der Waals surface area contributed by atoms with Crippen LogP contribution >= 0.6 is 11.6 Å². The fraction of sp³-hybridized carbons (Fsp3) is 0.0303. The first-order valence-corrected chi connectivity index (χ1v) is 12.1. The Balaban J connectivity index is 0.0000000999. The summed E-state index contributed by atoms with van der Waals surface area (Å²) in [5.41, 5.74) is 7.78. The van der Waals surface area contributed by atoms with E-state index in [-0.39, 0.29) is 0 Å². The lowest BCUT2D eigenvalue weighted by molar-refractivity contribution is 0.481. The van der Waals surface area contributed by atoms with Crippen LogP contribution in [0.3, 0.4) is 0 Å². The lowest BCUT2D eigenvalue weighted by atomic mass is 10.0. The maximum atomic E-state index is 9.62. The van der Waals surface area contributed by atoms with Crippen molar-refractivity contribution in [2.75, 3.05) is 0 Å². The van der Waals surface area contributed by atoms with Crippen LogP contribution in [0.15, 0.2) is 91.0 Å². The highest BCUT2D eigenvalue weighted by Crippen LogP contribution is 2.36. The van der Waals surface area contributed by atoms with E-state index in [1.807, 2.05) is 30.3 Å². The first kappa shape index (κ1) is 21.5. The number of phenolic OH excluding ortho intramolecular Hbond substituents is 1. The van der Waals surface area contributed by atoms with Gasteiger partial charge in [-0.1, -0.05) is 121 Å². The highest BCUT2D eigenvalue weighted by atomic mass is 35.5. The summed E-state index contributed by atoms with van der Waals surface area (Å²) in [4.78, 5) is 0. The third-order valence-corrected chi connectivity index (χ3v) is 7.04. The molecule has 0 bridgehead atoms. The van der Waals surface area contributed by atoms with Gasteiger partial charge in [0, 0.05) is 15.8 Å². The molecule has 5 aromatic rings. The molecule has 1 nitrogen and oxygen atoms in total. The maximum Gasteiger partial charge on any atom is 0.123 e. The smallest absolute Gasteiger partial charge is 0.123 e. The van der Waals surface area contributed by atoms with Crippen LogP contribution in [-0.4, -0.2) is 5.11 Å². The van der Waals surface area contributed by atoms with Crippen LogP contribution in [0.1, 0.15) is 33.4 Å². The van der Waals surface area contributed by atoms with Gasteiger partial charge in [0.15, 0.2) is 0 Å². The molecule has 8 rings (SSSR count). The summed E-state index contributed by atoms with van der Waals surface area (Å²) in [6.07, 6.45) is 13.9. The van der Waals surface area contributed by atoms with Crippen molar-refractivity contribution in [3.05, 3.63) is 129 Å². The molecule has 0 saturated heterocycles. The predicted molar refractivity (Wildman–Crippen MR) is 152 cm³/mol. The van der Waals surface area contributed by atoms with Gasteiger partial charge in [-0.05, 0) is 62.7 Å². The molecule has 3 aliphatic carbocycles. The zero-order valence-electron chi connectivity index (χ0n) is 19.1. The van der Waals surface area contributed by atoms with Gasteiger partial charge < -0.3 is 5.11 Å². The van der Waals surface area contributed by atoms with Crippen LogP contribution in [0, 0.1) is 0 Å². The largest absolute Gasteiger partial charge is 0.507 e. The van der Waals surface area contributed by atoms with Gasteiger partial charge in [0.1, 0.15) is 5.75 Å². The summed E-state index contributed by atoms with van der Waals surface area (Å²) in [6, 6.07) is 28.4. The Morgan fingerprint density at radius 1 is 0.514 bits per heavy atom. The van der Waals surface area contributed by atoms with Gasteiger partial charge in [-0.3, -0.25) is 0 Å². The van der Waals surface area contributed by atoms with E-state index in [0.717, 1.165) is 22.2 Å². The molecule has 0 fully saturated rings. The fourth-order valence-corrected chi connectivity index (χ4v) is 5.21. The van der Waals surface area contributed by atoms with E-state index < -0.39 is 0 Å². The molecule has 0 unspecified atom stereocenters. The van der Waals surface area contributed by atoms with Gasteiger partial charge in [0.2, 0.25) is 0 Å². The van der Waals surface area contributed by atoms with Crippen molar-refractivity contribution in [3.63, 3.8) is 0 Å². The first-order chi connectivity index (χ1) is 17.2. The molecule has 0 spiro atoms. The Morgan fingerprint density at radius 2 is 1.09 bits per heavy atom. The summed E-state index contributed by atoms with van der Waals surface area (Å²) in [6.45, 7) is 0. The summed E-state index contributed by atoms with van der Waals surface area (Å²) in [5, 5.41) is 15.0. The summed E-state index contributed by atoms with van der Waals surface area (Å²) in [5.74, 6) is 0.365. The highest BCUT2D eigenvalue weighted by molar-refractivity contribution is 6.36. The van der Waals surface area contributed by atoms with Crippen LogP contribution in [0.25, 0.3) is 51.9 Å². The van der Waals surface area contributed by atoms with E-state index in [0.29, 0.717) is 5.75 Å². The standard InChI is InChI=1S/C12H7Cl.C12H8O.C9H8/c2*13-11-7-6-9-5-4-8-2-1-3-10(11)12(8)9;1-2-5-9-7-3-6-8(9)4-1/h1-7H;1-7,13H;1-6H,7H2. The Labute approximate surface area is 209 Å². The van der Waals surface area contributed by atoms with E-state index >= 15 is 0 Å². The Bertz CT molecular complexity index is 1560. The number of fused-ring (bicyclic) bond motifs is 1. The minimum atomic E-state index is 0.365. The van der Waals surface area contributed by atoms with E-state index in [2.05, 4.69) is 85.0 Å². The molecule has 1 N–H and O–H groups in total. The third-order valence-electron chi connectivity index (χ3n) is 6.71. The average molecular weight is 471 g/mol. The number of benzene rings is 5. The summed E-state index contributed by atoms with van der Waals surface area (Å²) < 4.78 is 0. The number of hydrogen-bond donors (Lipinski definition) is 1. The highest BCUT2D eigenvalue weighted by Gasteiger charge is 2.11. The van der Waals surface area contributed by atoms with Crippen molar-refractivity contribution in [1.29, 1.82) is 0 Å². The quantitative estimate of drug-likeness (QED) is 0.234. The van der Waals surface area contributed by atoms with Crippen LogP contribution < -0.4 is 0 Å². The lowest BCUT2D eigenvalue weighted by Crippen LogP contribution is -1.78. The van der Waals surface area contributed by atoms with Crippen LogP contribution in [-0.2, 0) is 6.42 Å². The van der Waals surface area contributed by atoms with Gasteiger partial charge in [0.25, 0.3) is 0 Å². The molecule has 0 heterocycles. The van der Waals surface area contributed by atoms with E-state index in [1.54, 1.807) is 6.07 Å². The fourth-order valence-electron chi connectivity index (χ4n) is 4.99. The van der Waals surface area contributed by atoms with Gasteiger partial charge in [-0.25, -0.2) is 0 Å². The molecular weight excluding hydrogens is 448 g/mol. The topological polar surface area (TPSA) is 20.2 Å². The van der Waals surface area contributed by atoms with Gasteiger partial charge in [-0.2, -0.15) is 0 Å². The molecule has 0 aromatic heterocycles. The Kier molecular flexibility index (Phi) is 5.48. The molecule has 0 amide bonds. The molecule has 0 atom stereocenters. The van der Waals surface area contributed by atoms with Crippen molar-refractivity contribution in [1.82, 2.24) is 0 Å². The van der Waals surface area contributed by atoms with E-state index in [4.69, 9.17) is 11.6 Å². The maximum absolute atomic E-state index is 9.62. The third kappa shape index (κ3) is 3.95. The molecule has 5 aromatic carbocycles. The minimum absolute atomic E-state index is 0.365.